The van der Waals surface area contributed by atoms with Gasteiger partial charge in [0.2, 0.25) is 11.8 Å². The standard InChI is InChI=1S/C26H31N3O3/c1-18-6-12-22(13-7-18)29(17-24(30)28-14-4-3-5-15-28)26(32)20-8-10-21(11-9-20)27-25(31)23-16-19(23)2/h6-13,19,23H,3-5,14-17H2,1-2H3,(H,27,31). The summed E-state index contributed by atoms with van der Waals surface area (Å²) in [5.74, 6) is 0.310. The number of nitrogens with one attached hydrogen (secondary N) is 1. The van der Waals surface area contributed by atoms with Crippen molar-refractivity contribution in [2.75, 3.05) is 29.9 Å². The second-order valence-corrected chi connectivity index (χ2v) is 9.05. The fraction of sp³-hybridized carbons (Fsp3) is 0.423. The van der Waals surface area contributed by atoms with Gasteiger partial charge >= 0.3 is 0 Å². The van der Waals surface area contributed by atoms with E-state index < -0.39 is 0 Å². The van der Waals surface area contributed by atoms with E-state index in [1.54, 1.807) is 29.2 Å². The first-order valence-corrected chi connectivity index (χ1v) is 11.5. The summed E-state index contributed by atoms with van der Waals surface area (Å²) in [6, 6.07) is 14.6. The summed E-state index contributed by atoms with van der Waals surface area (Å²) in [6.07, 6.45) is 4.10. The van der Waals surface area contributed by atoms with Gasteiger partial charge in [-0.25, -0.2) is 0 Å². The normalized spacial score (nSPS) is 19.9. The molecule has 3 amide bonds. The average Bonchev–Trinajstić information content (AvgIpc) is 3.55. The molecule has 0 spiro atoms. The van der Waals surface area contributed by atoms with Gasteiger partial charge in [-0.05, 0) is 74.9 Å². The molecule has 4 rings (SSSR count). The van der Waals surface area contributed by atoms with Crippen LogP contribution in [-0.4, -0.2) is 42.3 Å². The first-order chi connectivity index (χ1) is 15.4. The van der Waals surface area contributed by atoms with Crippen LogP contribution in [0.4, 0.5) is 11.4 Å². The van der Waals surface area contributed by atoms with Crippen LogP contribution in [0.5, 0.6) is 0 Å². The molecule has 6 heteroatoms. The number of hydrogen-bond donors (Lipinski definition) is 1. The van der Waals surface area contributed by atoms with E-state index >= 15 is 0 Å². The molecule has 6 nitrogen and oxygen atoms in total. The van der Waals surface area contributed by atoms with Crippen LogP contribution in [-0.2, 0) is 9.59 Å². The average molecular weight is 434 g/mol. The second kappa shape index (κ2) is 9.55. The Labute approximate surface area is 189 Å². The SMILES string of the molecule is Cc1ccc(N(CC(=O)N2CCCCC2)C(=O)c2ccc(NC(=O)C3CC3C)cc2)cc1. The topological polar surface area (TPSA) is 69.7 Å². The molecule has 1 N–H and O–H groups in total. The number of rotatable bonds is 6. The molecule has 2 unspecified atom stereocenters. The highest BCUT2D eigenvalue weighted by Gasteiger charge is 2.39. The summed E-state index contributed by atoms with van der Waals surface area (Å²) in [7, 11) is 0. The minimum atomic E-state index is -0.229. The maximum absolute atomic E-state index is 13.4. The lowest BCUT2D eigenvalue weighted by molar-refractivity contribution is -0.130. The number of benzene rings is 2. The maximum atomic E-state index is 13.4. The number of nitrogens with zero attached hydrogens (tertiary/aromatic N) is 2. The number of carbonyl (C=O) groups is 3. The minimum absolute atomic E-state index is 0.0138. The third-order valence-corrected chi connectivity index (χ3v) is 6.44. The molecule has 0 aromatic heterocycles. The van der Waals surface area contributed by atoms with E-state index in [4.69, 9.17) is 0 Å². The van der Waals surface area contributed by atoms with Gasteiger partial charge in [-0.15, -0.1) is 0 Å². The van der Waals surface area contributed by atoms with Crippen LogP contribution in [0.2, 0.25) is 0 Å². The highest BCUT2D eigenvalue weighted by atomic mass is 16.2. The molecule has 2 aliphatic rings. The van der Waals surface area contributed by atoms with E-state index in [9.17, 15) is 14.4 Å². The Morgan fingerprint density at radius 2 is 1.59 bits per heavy atom. The van der Waals surface area contributed by atoms with Gasteiger partial charge in [0.15, 0.2) is 0 Å². The van der Waals surface area contributed by atoms with Gasteiger partial charge in [-0.2, -0.15) is 0 Å². The van der Waals surface area contributed by atoms with Gasteiger partial charge in [0.1, 0.15) is 6.54 Å². The molecule has 1 saturated heterocycles. The zero-order valence-electron chi connectivity index (χ0n) is 18.8. The van der Waals surface area contributed by atoms with Crippen molar-refractivity contribution in [2.24, 2.45) is 11.8 Å². The molecule has 32 heavy (non-hydrogen) atoms. The maximum Gasteiger partial charge on any atom is 0.258 e. The molecular weight excluding hydrogens is 402 g/mol. The van der Waals surface area contributed by atoms with Gasteiger partial charge in [0, 0.05) is 35.9 Å². The van der Waals surface area contributed by atoms with Crippen molar-refractivity contribution in [2.45, 2.75) is 39.5 Å². The largest absolute Gasteiger partial charge is 0.341 e. The van der Waals surface area contributed by atoms with Crippen molar-refractivity contribution < 1.29 is 14.4 Å². The highest BCUT2D eigenvalue weighted by molar-refractivity contribution is 6.09. The molecule has 2 fully saturated rings. The molecule has 168 valence electrons. The van der Waals surface area contributed by atoms with Crippen LogP contribution < -0.4 is 10.2 Å². The van der Waals surface area contributed by atoms with Crippen LogP contribution >= 0.6 is 0 Å². The van der Waals surface area contributed by atoms with Crippen LogP contribution in [0.3, 0.4) is 0 Å². The van der Waals surface area contributed by atoms with E-state index in [2.05, 4.69) is 12.2 Å². The van der Waals surface area contributed by atoms with Gasteiger partial charge < -0.3 is 10.2 Å². The second-order valence-electron chi connectivity index (χ2n) is 9.05. The van der Waals surface area contributed by atoms with Crippen LogP contribution in [0, 0.1) is 18.8 Å². The number of hydrogen-bond acceptors (Lipinski definition) is 3. The van der Waals surface area contributed by atoms with E-state index in [1.165, 1.54) is 0 Å². The molecule has 2 atom stereocenters. The van der Waals surface area contributed by atoms with E-state index in [-0.39, 0.29) is 30.2 Å². The minimum Gasteiger partial charge on any atom is -0.341 e. The van der Waals surface area contributed by atoms with Crippen molar-refractivity contribution in [3.63, 3.8) is 0 Å². The van der Waals surface area contributed by atoms with Crippen molar-refractivity contribution in [3.8, 4) is 0 Å². The first-order valence-electron chi connectivity index (χ1n) is 11.5. The van der Waals surface area contributed by atoms with Crippen molar-refractivity contribution in [1.29, 1.82) is 0 Å². The van der Waals surface area contributed by atoms with E-state index in [0.717, 1.165) is 44.3 Å². The highest BCUT2D eigenvalue weighted by Crippen LogP contribution is 2.38. The van der Waals surface area contributed by atoms with Crippen molar-refractivity contribution in [3.05, 3.63) is 59.7 Å². The van der Waals surface area contributed by atoms with Gasteiger partial charge in [0.25, 0.3) is 5.91 Å². The number of piperidine rings is 1. The molecule has 1 saturated carbocycles. The Hall–Kier alpha value is -3.15. The smallest absolute Gasteiger partial charge is 0.258 e. The molecule has 2 aromatic carbocycles. The Morgan fingerprint density at radius 3 is 2.19 bits per heavy atom. The molecule has 0 bridgehead atoms. The van der Waals surface area contributed by atoms with Crippen LogP contribution in [0.15, 0.2) is 48.5 Å². The Morgan fingerprint density at radius 1 is 0.969 bits per heavy atom. The number of carbonyl (C=O) groups excluding carboxylic acids is 3. The molecule has 0 radical (unpaired) electrons. The van der Waals surface area contributed by atoms with Crippen molar-refractivity contribution in [1.82, 2.24) is 4.90 Å². The van der Waals surface area contributed by atoms with Crippen LogP contribution in [0.25, 0.3) is 0 Å². The summed E-state index contributed by atoms with van der Waals surface area (Å²) in [4.78, 5) is 41.9. The van der Waals surface area contributed by atoms with E-state index in [0.29, 0.717) is 22.9 Å². The van der Waals surface area contributed by atoms with Crippen LogP contribution in [0.1, 0.15) is 48.5 Å². The van der Waals surface area contributed by atoms with Gasteiger partial charge in [0.05, 0.1) is 0 Å². The number of likely N-dealkylation sites (tertiary alicyclic amines) is 1. The molecule has 1 aliphatic heterocycles. The van der Waals surface area contributed by atoms with Gasteiger partial charge in [-0.1, -0.05) is 24.6 Å². The fourth-order valence-electron chi connectivity index (χ4n) is 4.16. The Balaban J connectivity index is 1.50. The number of anilines is 2. The zero-order chi connectivity index (χ0) is 22.7. The lowest BCUT2D eigenvalue weighted by atomic mass is 10.1. The lowest BCUT2D eigenvalue weighted by Crippen LogP contribution is -2.45. The summed E-state index contributed by atoms with van der Waals surface area (Å²) in [5.41, 5.74) is 2.95. The quantitative estimate of drug-likeness (QED) is 0.740. The molecule has 1 heterocycles. The first kappa shape index (κ1) is 22.1. The predicted octanol–water partition coefficient (Wildman–Crippen LogP) is 4.25. The zero-order valence-corrected chi connectivity index (χ0v) is 18.8. The number of aryl methyl sites for hydroxylation is 1. The van der Waals surface area contributed by atoms with E-state index in [1.807, 2.05) is 36.1 Å². The summed E-state index contributed by atoms with van der Waals surface area (Å²) in [6.45, 7) is 5.58. The molecule has 2 aromatic rings. The number of amides is 3. The Kier molecular flexibility index (Phi) is 6.58. The van der Waals surface area contributed by atoms with Gasteiger partial charge in [-0.3, -0.25) is 19.3 Å². The summed E-state index contributed by atoms with van der Waals surface area (Å²) >= 11 is 0. The fourth-order valence-corrected chi connectivity index (χ4v) is 4.16. The predicted molar refractivity (Wildman–Crippen MR) is 126 cm³/mol. The third kappa shape index (κ3) is 5.18. The monoisotopic (exact) mass is 433 g/mol. The summed E-state index contributed by atoms with van der Waals surface area (Å²) < 4.78 is 0. The van der Waals surface area contributed by atoms with Crippen molar-refractivity contribution >= 4 is 29.1 Å². The summed E-state index contributed by atoms with van der Waals surface area (Å²) in [5, 5.41) is 2.92. The molecule has 1 aliphatic carbocycles. The Bertz CT molecular complexity index is 978. The molecular formula is C26H31N3O3. The lowest BCUT2D eigenvalue weighted by Gasteiger charge is -2.30. The third-order valence-electron chi connectivity index (χ3n) is 6.44.